The van der Waals surface area contributed by atoms with E-state index in [2.05, 4.69) is 48.8 Å². The molecule has 1 heterocycles. The van der Waals surface area contributed by atoms with Crippen molar-refractivity contribution in [1.29, 1.82) is 0 Å². The van der Waals surface area contributed by atoms with Crippen molar-refractivity contribution in [3.05, 3.63) is 55.2 Å². The van der Waals surface area contributed by atoms with Gasteiger partial charge in [0.2, 0.25) is 0 Å². The lowest BCUT2D eigenvalue weighted by atomic mass is 9.89. The van der Waals surface area contributed by atoms with E-state index < -0.39 is 0 Å². The number of halogens is 1. The Bertz CT molecular complexity index is 603. The molecular weight excluding hydrogens is 332 g/mol. The molecule has 106 valence electrons. The van der Waals surface area contributed by atoms with Gasteiger partial charge >= 0.3 is 0 Å². The summed E-state index contributed by atoms with van der Waals surface area (Å²) in [6, 6.07) is 6.29. The highest BCUT2D eigenvalue weighted by Crippen LogP contribution is 2.27. The van der Waals surface area contributed by atoms with Gasteiger partial charge in [-0.05, 0) is 57.9 Å². The number of hydrogen-bond acceptors (Lipinski definition) is 2. The first-order chi connectivity index (χ1) is 9.60. The third kappa shape index (κ3) is 3.04. The molecular formula is C17H19BrOS. The van der Waals surface area contributed by atoms with E-state index in [9.17, 15) is 4.79 Å². The maximum Gasteiger partial charge on any atom is 0.194 e. The second-order valence-corrected chi connectivity index (χ2v) is 7.11. The molecule has 0 bridgehead atoms. The molecule has 1 nitrogen and oxygen atoms in total. The Hall–Kier alpha value is -0.930. The molecule has 0 fully saturated rings. The number of carbonyl (C=O) groups excluding carboxylic acids is 1. The summed E-state index contributed by atoms with van der Waals surface area (Å²) in [5.41, 5.74) is 5.37. The molecule has 0 radical (unpaired) electrons. The van der Waals surface area contributed by atoms with E-state index in [1.54, 1.807) is 11.3 Å². The molecule has 0 saturated heterocycles. The van der Waals surface area contributed by atoms with Crippen LogP contribution in [0, 0.1) is 0 Å². The molecule has 2 aromatic rings. The first-order valence-electron chi connectivity index (χ1n) is 7.04. The maximum atomic E-state index is 12.8. The largest absolute Gasteiger partial charge is 0.289 e. The van der Waals surface area contributed by atoms with Crippen LogP contribution in [0.4, 0.5) is 0 Å². The van der Waals surface area contributed by atoms with Gasteiger partial charge in [-0.15, -0.1) is 11.3 Å². The van der Waals surface area contributed by atoms with Crippen molar-refractivity contribution in [3.8, 4) is 0 Å². The lowest BCUT2D eigenvalue weighted by Gasteiger charge is -2.14. The molecule has 0 aliphatic carbocycles. The van der Waals surface area contributed by atoms with Crippen LogP contribution in [-0.2, 0) is 19.3 Å². The highest BCUT2D eigenvalue weighted by Gasteiger charge is 2.18. The summed E-state index contributed by atoms with van der Waals surface area (Å²) >= 11 is 4.99. The fourth-order valence-corrected chi connectivity index (χ4v) is 3.60. The summed E-state index contributed by atoms with van der Waals surface area (Å²) in [6.45, 7) is 6.40. The van der Waals surface area contributed by atoms with Crippen LogP contribution < -0.4 is 0 Å². The number of carbonyl (C=O) groups is 1. The second-order valence-electron chi connectivity index (χ2n) is 4.82. The van der Waals surface area contributed by atoms with Gasteiger partial charge in [-0.2, -0.15) is 0 Å². The topological polar surface area (TPSA) is 17.1 Å². The van der Waals surface area contributed by atoms with E-state index in [1.807, 2.05) is 11.4 Å². The number of hydrogen-bond donors (Lipinski definition) is 0. The van der Waals surface area contributed by atoms with Crippen molar-refractivity contribution in [1.82, 2.24) is 0 Å². The van der Waals surface area contributed by atoms with Gasteiger partial charge in [0.05, 0.1) is 3.79 Å². The number of benzene rings is 1. The van der Waals surface area contributed by atoms with Gasteiger partial charge in [-0.3, -0.25) is 4.79 Å². The fourth-order valence-electron chi connectivity index (χ4n) is 2.47. The zero-order valence-electron chi connectivity index (χ0n) is 12.1. The lowest BCUT2D eigenvalue weighted by molar-refractivity contribution is 0.103. The molecule has 0 aliphatic heterocycles. The molecule has 0 aliphatic rings. The zero-order chi connectivity index (χ0) is 14.7. The Kier molecular flexibility index (Phi) is 5.17. The normalized spacial score (nSPS) is 10.8. The zero-order valence-corrected chi connectivity index (χ0v) is 14.5. The molecule has 0 amide bonds. The van der Waals surface area contributed by atoms with Crippen LogP contribution in [0.3, 0.4) is 0 Å². The average Bonchev–Trinajstić information content (AvgIpc) is 2.91. The minimum atomic E-state index is 0.156. The molecule has 1 aromatic carbocycles. The van der Waals surface area contributed by atoms with Gasteiger partial charge in [0.1, 0.15) is 0 Å². The van der Waals surface area contributed by atoms with E-state index in [-0.39, 0.29) is 5.78 Å². The van der Waals surface area contributed by atoms with Crippen LogP contribution in [0.2, 0.25) is 0 Å². The van der Waals surface area contributed by atoms with E-state index in [4.69, 9.17) is 0 Å². The fraction of sp³-hybridized carbons (Fsp3) is 0.353. The van der Waals surface area contributed by atoms with E-state index in [0.717, 1.165) is 34.2 Å². The van der Waals surface area contributed by atoms with Gasteiger partial charge in [-0.1, -0.05) is 32.9 Å². The average molecular weight is 351 g/mol. The Morgan fingerprint density at radius 3 is 2.05 bits per heavy atom. The molecule has 0 atom stereocenters. The van der Waals surface area contributed by atoms with Crippen molar-refractivity contribution < 1.29 is 4.79 Å². The standard InChI is InChI=1S/C17H19BrOS/c1-4-11-7-12(5-2)16(13(6-3)8-11)17(19)14-9-15(18)20-10-14/h7-10H,4-6H2,1-3H3. The smallest absolute Gasteiger partial charge is 0.194 e. The first-order valence-corrected chi connectivity index (χ1v) is 8.71. The molecule has 2 rings (SSSR count). The Morgan fingerprint density at radius 2 is 1.65 bits per heavy atom. The second kappa shape index (κ2) is 6.68. The quantitative estimate of drug-likeness (QED) is 0.657. The molecule has 0 saturated carbocycles. The predicted octanol–water partition coefficient (Wildman–Crippen LogP) is 5.43. The minimum absolute atomic E-state index is 0.156. The summed E-state index contributed by atoms with van der Waals surface area (Å²) in [7, 11) is 0. The number of ketones is 1. The Morgan fingerprint density at radius 1 is 1.05 bits per heavy atom. The Balaban J connectivity index is 2.56. The monoisotopic (exact) mass is 350 g/mol. The maximum absolute atomic E-state index is 12.8. The third-order valence-electron chi connectivity index (χ3n) is 3.59. The molecule has 1 aromatic heterocycles. The van der Waals surface area contributed by atoms with Crippen molar-refractivity contribution in [2.24, 2.45) is 0 Å². The summed E-state index contributed by atoms with van der Waals surface area (Å²) in [5.74, 6) is 0.156. The molecule has 0 unspecified atom stereocenters. The van der Waals surface area contributed by atoms with Gasteiger partial charge < -0.3 is 0 Å². The van der Waals surface area contributed by atoms with Crippen molar-refractivity contribution in [2.75, 3.05) is 0 Å². The van der Waals surface area contributed by atoms with E-state index in [1.165, 1.54) is 16.7 Å². The summed E-state index contributed by atoms with van der Waals surface area (Å²) in [6.07, 6.45) is 2.80. The van der Waals surface area contributed by atoms with E-state index in [0.29, 0.717) is 0 Å². The van der Waals surface area contributed by atoms with Crippen LogP contribution in [0.15, 0.2) is 27.4 Å². The lowest BCUT2D eigenvalue weighted by Crippen LogP contribution is -2.09. The number of aryl methyl sites for hydroxylation is 3. The van der Waals surface area contributed by atoms with Crippen molar-refractivity contribution in [3.63, 3.8) is 0 Å². The molecule has 20 heavy (non-hydrogen) atoms. The molecule has 3 heteroatoms. The van der Waals surface area contributed by atoms with Crippen LogP contribution in [0.25, 0.3) is 0 Å². The first kappa shape index (κ1) is 15.5. The van der Waals surface area contributed by atoms with Crippen LogP contribution in [0.5, 0.6) is 0 Å². The molecule has 0 N–H and O–H groups in total. The highest BCUT2D eigenvalue weighted by atomic mass is 79.9. The van der Waals surface area contributed by atoms with Gasteiger partial charge in [0.15, 0.2) is 5.78 Å². The van der Waals surface area contributed by atoms with Gasteiger partial charge in [-0.25, -0.2) is 0 Å². The van der Waals surface area contributed by atoms with Crippen molar-refractivity contribution in [2.45, 2.75) is 40.0 Å². The summed E-state index contributed by atoms with van der Waals surface area (Å²) in [4.78, 5) is 12.8. The summed E-state index contributed by atoms with van der Waals surface area (Å²) < 4.78 is 1.00. The van der Waals surface area contributed by atoms with Gasteiger partial charge in [0.25, 0.3) is 0 Å². The minimum Gasteiger partial charge on any atom is -0.289 e. The summed E-state index contributed by atoms with van der Waals surface area (Å²) in [5, 5.41) is 1.93. The molecule has 0 spiro atoms. The SMILES string of the molecule is CCc1cc(CC)c(C(=O)c2csc(Br)c2)c(CC)c1. The van der Waals surface area contributed by atoms with Crippen LogP contribution in [0.1, 0.15) is 53.4 Å². The highest BCUT2D eigenvalue weighted by molar-refractivity contribution is 9.11. The van der Waals surface area contributed by atoms with Gasteiger partial charge in [0, 0.05) is 16.5 Å². The van der Waals surface area contributed by atoms with E-state index >= 15 is 0 Å². The third-order valence-corrected chi connectivity index (χ3v) is 5.09. The number of rotatable bonds is 5. The van der Waals surface area contributed by atoms with Crippen LogP contribution >= 0.6 is 27.3 Å². The Labute approximate surface area is 133 Å². The van der Waals surface area contributed by atoms with Crippen molar-refractivity contribution >= 4 is 33.0 Å². The van der Waals surface area contributed by atoms with Crippen LogP contribution in [-0.4, -0.2) is 5.78 Å². The predicted molar refractivity (Wildman–Crippen MR) is 90.0 cm³/mol. The number of thiophene rings is 1.